The van der Waals surface area contributed by atoms with E-state index in [4.69, 9.17) is 0 Å². The molecule has 0 aliphatic carbocycles. The summed E-state index contributed by atoms with van der Waals surface area (Å²) >= 11 is 0. The lowest BCUT2D eigenvalue weighted by Gasteiger charge is -2.10. The van der Waals surface area contributed by atoms with Gasteiger partial charge in [0, 0.05) is 0 Å². The van der Waals surface area contributed by atoms with Crippen LogP contribution in [0.3, 0.4) is 0 Å². The summed E-state index contributed by atoms with van der Waals surface area (Å²) in [6.45, 7) is 0. The van der Waals surface area contributed by atoms with Crippen LogP contribution in [0.15, 0.2) is 48.5 Å². The molecule has 0 fully saturated rings. The number of benzene rings is 2. The third-order valence-corrected chi connectivity index (χ3v) is 2.80. The molecule has 2 rings (SSSR count). The monoisotopic (exact) mass is 239 g/mol. The summed E-state index contributed by atoms with van der Waals surface area (Å²) in [6.07, 6.45) is 0.556. The highest BCUT2D eigenvalue weighted by Gasteiger charge is 2.12. The largest absolute Gasteiger partial charge is 0.508 e. The van der Waals surface area contributed by atoms with E-state index in [2.05, 4.69) is 6.07 Å². The standard InChI is InChI=1S/C15H13NO2/c16-10-13(12-2-1-3-15(18)9-12)8-11-4-6-14(17)7-5-11/h1-7,9,13,17-18H,8H2. The Kier molecular flexibility index (Phi) is 3.49. The van der Waals surface area contributed by atoms with E-state index in [1.54, 1.807) is 42.5 Å². The van der Waals surface area contributed by atoms with Crippen LogP contribution in [0.25, 0.3) is 0 Å². The van der Waals surface area contributed by atoms with E-state index in [1.807, 2.05) is 6.07 Å². The molecular formula is C15H13NO2. The topological polar surface area (TPSA) is 64.2 Å². The normalized spacial score (nSPS) is 11.7. The second kappa shape index (κ2) is 5.24. The molecule has 0 heterocycles. The van der Waals surface area contributed by atoms with Gasteiger partial charge in [-0.25, -0.2) is 0 Å². The van der Waals surface area contributed by atoms with Gasteiger partial charge in [-0.05, 0) is 41.8 Å². The molecule has 0 aliphatic rings. The lowest BCUT2D eigenvalue weighted by Crippen LogP contribution is -2.00. The molecule has 0 spiro atoms. The third-order valence-electron chi connectivity index (χ3n) is 2.80. The zero-order valence-corrected chi connectivity index (χ0v) is 9.74. The van der Waals surface area contributed by atoms with Gasteiger partial charge >= 0.3 is 0 Å². The van der Waals surface area contributed by atoms with Gasteiger partial charge in [0.15, 0.2) is 0 Å². The van der Waals surface area contributed by atoms with Crippen LogP contribution < -0.4 is 0 Å². The second-order valence-corrected chi connectivity index (χ2v) is 4.15. The summed E-state index contributed by atoms with van der Waals surface area (Å²) in [4.78, 5) is 0. The quantitative estimate of drug-likeness (QED) is 0.865. The Balaban J connectivity index is 2.20. The molecule has 1 unspecified atom stereocenters. The summed E-state index contributed by atoms with van der Waals surface area (Å²) in [6, 6.07) is 15.8. The number of nitrogens with zero attached hydrogens (tertiary/aromatic N) is 1. The van der Waals surface area contributed by atoms with E-state index in [9.17, 15) is 15.5 Å². The van der Waals surface area contributed by atoms with Crippen molar-refractivity contribution in [1.29, 1.82) is 5.26 Å². The molecule has 0 saturated heterocycles. The van der Waals surface area contributed by atoms with Crippen LogP contribution in [0.4, 0.5) is 0 Å². The lowest BCUT2D eigenvalue weighted by atomic mass is 9.93. The van der Waals surface area contributed by atoms with Crippen molar-refractivity contribution in [2.75, 3.05) is 0 Å². The van der Waals surface area contributed by atoms with Gasteiger partial charge in [0.25, 0.3) is 0 Å². The Bertz CT molecular complexity index is 570. The molecule has 2 aromatic carbocycles. The minimum absolute atomic E-state index is 0.165. The summed E-state index contributed by atoms with van der Waals surface area (Å²) < 4.78 is 0. The number of nitriles is 1. The first-order valence-corrected chi connectivity index (χ1v) is 5.65. The molecular weight excluding hydrogens is 226 g/mol. The fraction of sp³-hybridized carbons (Fsp3) is 0.133. The minimum Gasteiger partial charge on any atom is -0.508 e. The van der Waals surface area contributed by atoms with Crippen molar-refractivity contribution >= 4 is 0 Å². The zero-order chi connectivity index (χ0) is 13.0. The van der Waals surface area contributed by atoms with E-state index < -0.39 is 0 Å². The molecule has 0 bridgehead atoms. The molecule has 3 nitrogen and oxygen atoms in total. The molecule has 3 heteroatoms. The highest BCUT2D eigenvalue weighted by Crippen LogP contribution is 2.24. The zero-order valence-electron chi connectivity index (χ0n) is 9.74. The van der Waals surface area contributed by atoms with Crippen molar-refractivity contribution in [3.8, 4) is 17.6 Å². The number of phenols is 2. The summed E-state index contributed by atoms with van der Waals surface area (Å²) in [5.41, 5.74) is 1.77. The Morgan fingerprint density at radius 3 is 2.33 bits per heavy atom. The van der Waals surface area contributed by atoms with Gasteiger partial charge in [-0.1, -0.05) is 24.3 Å². The molecule has 2 N–H and O–H groups in total. The third kappa shape index (κ3) is 2.80. The average Bonchev–Trinajstić information content (AvgIpc) is 2.38. The first kappa shape index (κ1) is 12.0. The van der Waals surface area contributed by atoms with Crippen molar-refractivity contribution in [1.82, 2.24) is 0 Å². The van der Waals surface area contributed by atoms with Gasteiger partial charge < -0.3 is 10.2 Å². The molecule has 2 aromatic rings. The van der Waals surface area contributed by atoms with E-state index in [0.29, 0.717) is 6.42 Å². The molecule has 0 amide bonds. The van der Waals surface area contributed by atoms with Crippen LogP contribution in [-0.2, 0) is 6.42 Å². The number of rotatable bonds is 3. The van der Waals surface area contributed by atoms with E-state index in [-0.39, 0.29) is 17.4 Å². The first-order valence-electron chi connectivity index (χ1n) is 5.65. The molecule has 90 valence electrons. The number of phenolic OH excluding ortho intramolecular Hbond substituents is 2. The SMILES string of the molecule is N#CC(Cc1ccc(O)cc1)c1cccc(O)c1. The highest BCUT2D eigenvalue weighted by atomic mass is 16.3. The van der Waals surface area contributed by atoms with Crippen LogP contribution in [0.1, 0.15) is 17.0 Å². The van der Waals surface area contributed by atoms with Gasteiger partial charge in [0.05, 0.1) is 12.0 Å². The first-order chi connectivity index (χ1) is 8.69. The summed E-state index contributed by atoms with van der Waals surface area (Å²) in [5, 5.41) is 27.8. The van der Waals surface area contributed by atoms with Gasteiger partial charge in [-0.15, -0.1) is 0 Å². The Morgan fingerprint density at radius 1 is 1.00 bits per heavy atom. The predicted molar refractivity (Wildman–Crippen MR) is 68.3 cm³/mol. The van der Waals surface area contributed by atoms with Crippen LogP contribution in [0.2, 0.25) is 0 Å². The Hall–Kier alpha value is -2.47. The van der Waals surface area contributed by atoms with Gasteiger partial charge in [0.2, 0.25) is 0 Å². The fourth-order valence-electron chi connectivity index (χ4n) is 1.85. The average molecular weight is 239 g/mol. The Labute approximate surface area is 106 Å². The van der Waals surface area contributed by atoms with Crippen molar-refractivity contribution in [2.45, 2.75) is 12.3 Å². The summed E-state index contributed by atoms with van der Waals surface area (Å²) in [7, 11) is 0. The molecule has 0 aliphatic heterocycles. The molecule has 1 atom stereocenters. The number of aromatic hydroxyl groups is 2. The molecule has 18 heavy (non-hydrogen) atoms. The number of hydrogen-bond donors (Lipinski definition) is 2. The Morgan fingerprint density at radius 2 is 1.72 bits per heavy atom. The number of hydrogen-bond acceptors (Lipinski definition) is 3. The smallest absolute Gasteiger partial charge is 0.115 e. The second-order valence-electron chi connectivity index (χ2n) is 4.15. The summed E-state index contributed by atoms with van der Waals surface area (Å²) in [5.74, 6) is 0.0738. The van der Waals surface area contributed by atoms with Crippen LogP contribution in [0, 0.1) is 11.3 Å². The fourth-order valence-corrected chi connectivity index (χ4v) is 1.85. The van der Waals surface area contributed by atoms with Gasteiger partial charge in [-0.2, -0.15) is 5.26 Å². The lowest BCUT2D eigenvalue weighted by molar-refractivity contribution is 0.474. The van der Waals surface area contributed by atoms with E-state index in [0.717, 1.165) is 11.1 Å². The predicted octanol–water partition coefficient (Wildman–Crippen LogP) is 2.95. The van der Waals surface area contributed by atoms with E-state index >= 15 is 0 Å². The van der Waals surface area contributed by atoms with Crippen molar-refractivity contribution in [3.63, 3.8) is 0 Å². The maximum absolute atomic E-state index is 9.42. The molecule has 0 aromatic heterocycles. The van der Waals surface area contributed by atoms with Crippen LogP contribution >= 0.6 is 0 Å². The minimum atomic E-state index is -0.304. The highest BCUT2D eigenvalue weighted by molar-refractivity contribution is 5.35. The van der Waals surface area contributed by atoms with Crippen LogP contribution in [0.5, 0.6) is 11.5 Å². The van der Waals surface area contributed by atoms with Crippen molar-refractivity contribution < 1.29 is 10.2 Å². The molecule has 0 saturated carbocycles. The maximum Gasteiger partial charge on any atom is 0.115 e. The van der Waals surface area contributed by atoms with Crippen molar-refractivity contribution in [3.05, 3.63) is 59.7 Å². The van der Waals surface area contributed by atoms with Crippen molar-refractivity contribution in [2.24, 2.45) is 0 Å². The van der Waals surface area contributed by atoms with Gasteiger partial charge in [-0.3, -0.25) is 0 Å². The molecule has 0 radical (unpaired) electrons. The van der Waals surface area contributed by atoms with Crippen LogP contribution in [-0.4, -0.2) is 10.2 Å². The maximum atomic E-state index is 9.42. The van der Waals surface area contributed by atoms with Gasteiger partial charge in [0.1, 0.15) is 11.5 Å². The van der Waals surface area contributed by atoms with E-state index in [1.165, 1.54) is 0 Å².